The smallest absolute Gasteiger partial charge is 0.396 e. The van der Waals surface area contributed by atoms with Gasteiger partial charge in [-0.25, -0.2) is 8.61 Å². The zero-order chi connectivity index (χ0) is 13.2. The van der Waals surface area contributed by atoms with Gasteiger partial charge in [0.1, 0.15) is 0 Å². The third-order valence-electron chi connectivity index (χ3n) is 2.44. The number of rotatable bonds is 6. The first-order chi connectivity index (χ1) is 7.41. The number of hydrogen-bond acceptors (Lipinski definition) is 5. The minimum Gasteiger partial charge on any atom is -0.724 e. The Hall–Kier alpha value is -0.700. The van der Waals surface area contributed by atoms with E-state index in [2.05, 4.69) is 4.89 Å². The van der Waals surface area contributed by atoms with Gasteiger partial charge in [-0.3, -0.25) is 4.79 Å². The average Bonchev–Trinajstić information content (AvgIpc) is 2.21. The number of nitrogens with one attached hydrogen (secondary N) is 1. The van der Waals surface area contributed by atoms with Gasteiger partial charge in [0.2, 0.25) is 6.41 Å². The summed E-state index contributed by atoms with van der Waals surface area (Å²) in [5.74, 6) is 0. The minimum absolute atomic E-state index is 0.105. The van der Waals surface area contributed by atoms with E-state index in [0.717, 1.165) is 7.11 Å². The summed E-state index contributed by atoms with van der Waals surface area (Å²) in [5.41, 5.74) is 0. The molecule has 0 aliphatic rings. The molecule has 0 rings (SSSR count). The van der Waals surface area contributed by atoms with Crippen molar-refractivity contribution in [3.05, 3.63) is 0 Å². The van der Waals surface area contributed by atoms with Crippen molar-refractivity contribution in [2.75, 3.05) is 26.7 Å². The van der Waals surface area contributed by atoms with E-state index in [4.69, 9.17) is 5.26 Å². The maximum absolute atomic E-state index is 11.6. The zero-order valence-electron chi connectivity index (χ0n) is 10.1. The molecule has 1 N–H and O–H groups in total. The molecule has 0 aromatic carbocycles. The van der Waals surface area contributed by atoms with Gasteiger partial charge in [-0.1, -0.05) is 0 Å². The van der Waals surface area contributed by atoms with Crippen LogP contribution < -0.4 is 9.98 Å². The molecule has 0 saturated carbocycles. The Labute approximate surface area is 96.7 Å². The van der Waals surface area contributed by atoms with E-state index in [9.17, 15) is 13.2 Å². The molecule has 0 aromatic heterocycles. The summed E-state index contributed by atoms with van der Waals surface area (Å²) in [6.07, 6.45) is 0.212. The Balaban J connectivity index is 0. The van der Waals surface area contributed by atoms with Gasteiger partial charge in [0, 0.05) is 7.11 Å². The molecule has 8 heteroatoms. The van der Waals surface area contributed by atoms with Crippen LogP contribution in [0.3, 0.4) is 0 Å². The van der Waals surface area contributed by atoms with Gasteiger partial charge in [0.05, 0.1) is 19.6 Å². The van der Waals surface area contributed by atoms with Crippen molar-refractivity contribution < 1.29 is 27.2 Å². The fraction of sp³-hybridized carbons (Fsp3) is 0.875. The molecular weight excluding hydrogens is 236 g/mol. The van der Waals surface area contributed by atoms with Crippen LogP contribution in [0.15, 0.2) is 0 Å². The zero-order valence-corrected chi connectivity index (χ0v) is 10.9. The summed E-state index contributed by atoms with van der Waals surface area (Å²) in [6, 6.07) is 0. The number of hydrogen-bond donors (Lipinski definition) is 1. The number of carbonyl (C=O) groups is 1. The molecule has 0 aliphatic heterocycles. The third-order valence-corrected chi connectivity index (χ3v) is 4.62. The predicted octanol–water partition coefficient (Wildman–Crippen LogP) is -1.24. The highest BCUT2D eigenvalue weighted by molar-refractivity contribution is 7.84. The lowest BCUT2D eigenvalue weighted by molar-refractivity contribution is -0.801. The topological polar surface area (TPSA) is 95.5 Å². The van der Waals surface area contributed by atoms with E-state index < -0.39 is 10.2 Å². The second kappa shape index (κ2) is 8.45. The average molecular weight is 256 g/mol. The monoisotopic (exact) mass is 256 g/mol. The van der Waals surface area contributed by atoms with Gasteiger partial charge < -0.3 is 10.1 Å². The number of quaternary nitrogens is 1. The maximum atomic E-state index is 11.6. The second-order valence-corrected chi connectivity index (χ2v) is 4.84. The summed E-state index contributed by atoms with van der Waals surface area (Å²) in [7, 11) is -2.50. The third kappa shape index (κ3) is 4.44. The largest absolute Gasteiger partial charge is 0.724 e. The van der Waals surface area contributed by atoms with Crippen LogP contribution in [-0.2, 0) is 19.9 Å². The van der Waals surface area contributed by atoms with Crippen molar-refractivity contribution in [1.82, 2.24) is 4.72 Å². The van der Waals surface area contributed by atoms with Gasteiger partial charge in [0.15, 0.2) is 0 Å². The molecule has 0 fully saturated rings. The SMILES string of the molecule is CC[N+](CC)(CC)S(=O)(=O)NC=O.CO[O-]. The predicted molar refractivity (Wildman–Crippen MR) is 57.0 cm³/mol. The van der Waals surface area contributed by atoms with Crippen molar-refractivity contribution in [2.45, 2.75) is 20.8 Å². The molecule has 0 saturated heterocycles. The van der Waals surface area contributed by atoms with Gasteiger partial charge >= 0.3 is 10.2 Å². The van der Waals surface area contributed by atoms with Gasteiger partial charge in [-0.2, -0.15) is 8.42 Å². The van der Waals surface area contributed by atoms with Crippen molar-refractivity contribution in [1.29, 1.82) is 0 Å². The molecule has 0 atom stereocenters. The fourth-order valence-corrected chi connectivity index (χ4v) is 2.72. The molecule has 0 aromatic rings. The van der Waals surface area contributed by atoms with Crippen molar-refractivity contribution in [2.24, 2.45) is 0 Å². The van der Waals surface area contributed by atoms with Crippen LogP contribution in [0.25, 0.3) is 0 Å². The summed E-state index contributed by atoms with van der Waals surface area (Å²) < 4.78 is 24.9. The van der Waals surface area contributed by atoms with Crippen molar-refractivity contribution in [3.8, 4) is 0 Å². The Morgan fingerprint density at radius 2 is 1.56 bits per heavy atom. The van der Waals surface area contributed by atoms with E-state index in [0.29, 0.717) is 19.6 Å². The van der Waals surface area contributed by atoms with Crippen LogP contribution >= 0.6 is 0 Å². The summed E-state index contributed by atoms with van der Waals surface area (Å²) in [6.45, 7) is 6.73. The standard InChI is InChI=1S/C7H16N2O3S.CH4O2/c1-4-9(5-2,6-3)13(11,12)8-7-10;1-3-2/h7H,4-6H2,1-3H3;2H,1H3. The Morgan fingerprint density at radius 1 is 1.25 bits per heavy atom. The van der Waals surface area contributed by atoms with Crippen LogP contribution in [0.2, 0.25) is 0 Å². The summed E-state index contributed by atoms with van der Waals surface area (Å²) in [5, 5.41) is 8.43. The Morgan fingerprint density at radius 3 is 1.75 bits per heavy atom. The molecule has 98 valence electrons. The van der Waals surface area contributed by atoms with E-state index in [-0.39, 0.29) is 10.3 Å². The quantitative estimate of drug-likeness (QED) is 0.277. The van der Waals surface area contributed by atoms with E-state index in [1.807, 2.05) is 4.72 Å². The lowest BCUT2D eigenvalue weighted by Crippen LogP contribution is -2.56. The first kappa shape index (κ1) is 17.7. The molecule has 16 heavy (non-hydrogen) atoms. The Bertz CT molecular complexity index is 266. The molecule has 0 aliphatic carbocycles. The normalized spacial score (nSPS) is 11.3. The molecule has 0 radical (unpaired) electrons. The summed E-state index contributed by atoms with van der Waals surface area (Å²) >= 11 is 0. The highest BCUT2D eigenvalue weighted by Gasteiger charge is 2.36. The lowest BCUT2D eigenvalue weighted by Gasteiger charge is -2.32. The first-order valence-corrected chi connectivity index (χ1v) is 6.33. The van der Waals surface area contributed by atoms with E-state index in [1.165, 1.54) is 0 Å². The van der Waals surface area contributed by atoms with E-state index >= 15 is 0 Å². The van der Waals surface area contributed by atoms with Gasteiger partial charge in [-0.15, -0.1) is 0 Å². The van der Waals surface area contributed by atoms with Gasteiger partial charge in [-0.05, 0) is 20.8 Å². The Kier molecular flexibility index (Phi) is 9.34. The van der Waals surface area contributed by atoms with Crippen LogP contribution in [0.4, 0.5) is 0 Å². The lowest BCUT2D eigenvalue weighted by atomic mass is 10.5. The van der Waals surface area contributed by atoms with Crippen LogP contribution in [-0.4, -0.2) is 45.5 Å². The van der Waals surface area contributed by atoms with Crippen LogP contribution in [0.5, 0.6) is 0 Å². The van der Waals surface area contributed by atoms with E-state index in [1.54, 1.807) is 20.8 Å². The van der Waals surface area contributed by atoms with Crippen LogP contribution in [0.1, 0.15) is 20.8 Å². The second-order valence-electron chi connectivity index (χ2n) is 2.88. The maximum Gasteiger partial charge on any atom is 0.396 e. The number of nitrogens with zero attached hydrogens (tertiary/aromatic N) is 1. The molecule has 7 nitrogen and oxygen atoms in total. The molecule has 0 heterocycles. The molecule has 0 spiro atoms. The fourth-order valence-electron chi connectivity index (χ4n) is 1.35. The van der Waals surface area contributed by atoms with Crippen molar-refractivity contribution in [3.63, 3.8) is 0 Å². The molecule has 1 amide bonds. The number of amides is 1. The molecular formula is C8H20N2O5S. The molecule has 0 bridgehead atoms. The minimum atomic E-state index is -3.56. The summed E-state index contributed by atoms with van der Waals surface area (Å²) in [4.78, 5) is 13.1. The van der Waals surface area contributed by atoms with Crippen molar-refractivity contribution >= 4 is 16.6 Å². The van der Waals surface area contributed by atoms with Crippen LogP contribution in [0, 0.1) is 0 Å². The van der Waals surface area contributed by atoms with Gasteiger partial charge in [0.25, 0.3) is 0 Å². The highest BCUT2D eigenvalue weighted by Crippen LogP contribution is 2.11. The highest BCUT2D eigenvalue weighted by atomic mass is 32.2. The number of carbonyl (C=O) groups excluding carboxylic acids is 1. The molecule has 0 unspecified atom stereocenters. The first-order valence-electron chi connectivity index (χ1n) is 4.89.